The predicted octanol–water partition coefficient (Wildman–Crippen LogP) is 5.01. The van der Waals surface area contributed by atoms with Crippen LogP contribution in [0.1, 0.15) is 22.8 Å². The molecule has 0 saturated carbocycles. The summed E-state index contributed by atoms with van der Waals surface area (Å²) in [4.78, 5) is 26.4. The SMILES string of the molecule is CCOc1ccc(/C=C/C(=O)Nc2ccc(C(=O)N(C)c3ccccc3)cc2)cc1. The second kappa shape index (κ2) is 10.1. The van der Waals surface area contributed by atoms with Gasteiger partial charge < -0.3 is 15.0 Å². The van der Waals surface area contributed by atoms with Crippen molar-refractivity contribution in [1.82, 2.24) is 0 Å². The molecule has 0 aliphatic carbocycles. The van der Waals surface area contributed by atoms with Gasteiger partial charge in [-0.3, -0.25) is 9.59 Å². The topological polar surface area (TPSA) is 58.6 Å². The maximum Gasteiger partial charge on any atom is 0.258 e. The van der Waals surface area contributed by atoms with E-state index in [0.717, 1.165) is 17.0 Å². The number of rotatable bonds is 7. The highest BCUT2D eigenvalue weighted by molar-refractivity contribution is 6.06. The average molecular weight is 400 g/mol. The standard InChI is InChI=1S/C25H24N2O3/c1-3-30-23-16-9-19(10-17-23)11-18-24(28)26-21-14-12-20(13-15-21)25(29)27(2)22-7-5-4-6-8-22/h4-18H,3H2,1-2H3,(H,26,28)/b18-11+. The van der Waals surface area contributed by atoms with Crippen LogP contribution in [0.25, 0.3) is 6.08 Å². The van der Waals surface area contributed by atoms with Gasteiger partial charge >= 0.3 is 0 Å². The summed E-state index contributed by atoms with van der Waals surface area (Å²) >= 11 is 0. The predicted molar refractivity (Wildman–Crippen MR) is 121 cm³/mol. The molecule has 5 nitrogen and oxygen atoms in total. The van der Waals surface area contributed by atoms with E-state index in [9.17, 15) is 9.59 Å². The fraction of sp³-hybridized carbons (Fsp3) is 0.120. The van der Waals surface area contributed by atoms with Gasteiger partial charge in [-0.2, -0.15) is 0 Å². The molecule has 0 unspecified atom stereocenters. The molecule has 0 bridgehead atoms. The number of ether oxygens (including phenoxy) is 1. The third-order valence-corrected chi connectivity index (χ3v) is 4.47. The number of anilines is 2. The number of hydrogen-bond donors (Lipinski definition) is 1. The van der Waals surface area contributed by atoms with Crippen LogP contribution in [0.5, 0.6) is 5.75 Å². The lowest BCUT2D eigenvalue weighted by Crippen LogP contribution is -2.26. The largest absolute Gasteiger partial charge is 0.494 e. The van der Waals surface area contributed by atoms with Crippen LogP contribution in [0.2, 0.25) is 0 Å². The summed E-state index contributed by atoms with van der Waals surface area (Å²) in [7, 11) is 1.74. The smallest absolute Gasteiger partial charge is 0.258 e. The van der Waals surface area contributed by atoms with Crippen LogP contribution in [-0.2, 0) is 4.79 Å². The fourth-order valence-corrected chi connectivity index (χ4v) is 2.86. The molecule has 5 heteroatoms. The van der Waals surface area contributed by atoms with Gasteiger partial charge in [0.15, 0.2) is 0 Å². The van der Waals surface area contributed by atoms with Crippen LogP contribution in [0.3, 0.4) is 0 Å². The molecule has 0 atom stereocenters. The molecule has 0 aromatic heterocycles. The van der Waals surface area contributed by atoms with E-state index in [4.69, 9.17) is 4.74 Å². The van der Waals surface area contributed by atoms with Gasteiger partial charge in [-0.25, -0.2) is 0 Å². The molecule has 30 heavy (non-hydrogen) atoms. The monoisotopic (exact) mass is 400 g/mol. The molecule has 0 fully saturated rings. The van der Waals surface area contributed by atoms with E-state index < -0.39 is 0 Å². The number of para-hydroxylation sites is 1. The van der Waals surface area contributed by atoms with Crippen LogP contribution < -0.4 is 15.0 Å². The maximum absolute atomic E-state index is 12.6. The molecule has 3 aromatic carbocycles. The number of carbonyl (C=O) groups is 2. The van der Waals surface area contributed by atoms with Gasteiger partial charge in [-0.15, -0.1) is 0 Å². The molecule has 1 N–H and O–H groups in total. The van der Waals surface area contributed by atoms with E-state index in [1.807, 2.05) is 61.5 Å². The fourth-order valence-electron chi connectivity index (χ4n) is 2.86. The molecule has 0 aliphatic rings. The minimum atomic E-state index is -0.246. The number of hydrogen-bond acceptors (Lipinski definition) is 3. The highest BCUT2D eigenvalue weighted by Crippen LogP contribution is 2.17. The summed E-state index contributed by atoms with van der Waals surface area (Å²) in [5.74, 6) is 0.436. The summed E-state index contributed by atoms with van der Waals surface area (Å²) in [5, 5.41) is 2.80. The molecule has 3 rings (SSSR count). The molecule has 0 aliphatic heterocycles. The lowest BCUT2D eigenvalue weighted by atomic mass is 10.1. The van der Waals surface area contributed by atoms with Gasteiger partial charge in [0.25, 0.3) is 5.91 Å². The van der Waals surface area contributed by atoms with E-state index in [0.29, 0.717) is 17.9 Å². The van der Waals surface area contributed by atoms with E-state index >= 15 is 0 Å². The van der Waals surface area contributed by atoms with Gasteiger partial charge in [0.2, 0.25) is 5.91 Å². The van der Waals surface area contributed by atoms with Crippen LogP contribution >= 0.6 is 0 Å². The molecular weight excluding hydrogens is 376 g/mol. The van der Waals surface area contributed by atoms with Crippen LogP contribution in [-0.4, -0.2) is 25.5 Å². The summed E-state index contributed by atoms with van der Waals surface area (Å²) in [5.41, 5.74) is 2.89. The number of nitrogens with one attached hydrogen (secondary N) is 1. The number of carbonyl (C=O) groups excluding carboxylic acids is 2. The zero-order valence-electron chi connectivity index (χ0n) is 17.0. The second-order valence-electron chi connectivity index (χ2n) is 6.60. The maximum atomic E-state index is 12.6. The Balaban J connectivity index is 1.58. The normalized spacial score (nSPS) is 10.6. The van der Waals surface area contributed by atoms with Gasteiger partial charge in [-0.05, 0) is 67.1 Å². The van der Waals surface area contributed by atoms with E-state index in [1.165, 1.54) is 6.08 Å². The molecule has 152 valence electrons. The van der Waals surface area contributed by atoms with Crippen molar-refractivity contribution in [2.75, 3.05) is 23.9 Å². The van der Waals surface area contributed by atoms with Crippen molar-refractivity contribution in [2.24, 2.45) is 0 Å². The van der Waals surface area contributed by atoms with Gasteiger partial charge in [-0.1, -0.05) is 30.3 Å². The minimum absolute atomic E-state index is 0.116. The molecule has 3 aromatic rings. The summed E-state index contributed by atoms with van der Waals surface area (Å²) < 4.78 is 5.40. The highest BCUT2D eigenvalue weighted by Gasteiger charge is 2.13. The Morgan fingerprint density at radius 1 is 0.933 bits per heavy atom. The molecule has 0 heterocycles. The quantitative estimate of drug-likeness (QED) is 0.567. The first-order valence-electron chi connectivity index (χ1n) is 9.72. The Bertz CT molecular complexity index is 1010. The van der Waals surface area contributed by atoms with Crippen LogP contribution in [0.4, 0.5) is 11.4 Å². The zero-order valence-corrected chi connectivity index (χ0v) is 17.0. The molecule has 2 amide bonds. The van der Waals surface area contributed by atoms with Crippen molar-refractivity contribution >= 4 is 29.3 Å². The summed E-state index contributed by atoms with van der Waals surface area (Å²) in [6.07, 6.45) is 3.20. The number of nitrogens with zero attached hydrogens (tertiary/aromatic N) is 1. The third-order valence-electron chi connectivity index (χ3n) is 4.47. The molecular formula is C25H24N2O3. The van der Waals surface area contributed by atoms with E-state index in [-0.39, 0.29) is 11.8 Å². The molecule has 0 radical (unpaired) electrons. The van der Waals surface area contributed by atoms with Crippen molar-refractivity contribution < 1.29 is 14.3 Å². The van der Waals surface area contributed by atoms with Gasteiger partial charge in [0, 0.05) is 30.1 Å². The second-order valence-corrected chi connectivity index (χ2v) is 6.60. The first-order valence-corrected chi connectivity index (χ1v) is 9.72. The summed E-state index contributed by atoms with van der Waals surface area (Å²) in [6, 6.07) is 23.8. The Kier molecular flexibility index (Phi) is 7.00. The number of amides is 2. The van der Waals surface area contributed by atoms with Crippen LogP contribution in [0.15, 0.2) is 84.9 Å². The van der Waals surface area contributed by atoms with E-state index in [1.54, 1.807) is 42.3 Å². The first-order chi connectivity index (χ1) is 14.6. The minimum Gasteiger partial charge on any atom is -0.494 e. The average Bonchev–Trinajstić information content (AvgIpc) is 2.79. The van der Waals surface area contributed by atoms with Crippen molar-refractivity contribution in [3.63, 3.8) is 0 Å². The lowest BCUT2D eigenvalue weighted by Gasteiger charge is -2.17. The highest BCUT2D eigenvalue weighted by atomic mass is 16.5. The third kappa shape index (κ3) is 5.58. The Morgan fingerprint density at radius 2 is 1.60 bits per heavy atom. The Hall–Kier alpha value is -3.86. The van der Waals surface area contributed by atoms with Crippen molar-refractivity contribution in [3.8, 4) is 5.75 Å². The van der Waals surface area contributed by atoms with Crippen LogP contribution in [0, 0.1) is 0 Å². The Morgan fingerprint density at radius 3 is 2.23 bits per heavy atom. The molecule has 0 spiro atoms. The number of benzene rings is 3. The first kappa shape index (κ1) is 20.9. The van der Waals surface area contributed by atoms with Gasteiger partial charge in [0.05, 0.1) is 6.61 Å². The van der Waals surface area contributed by atoms with Gasteiger partial charge in [0.1, 0.15) is 5.75 Å². The zero-order chi connectivity index (χ0) is 21.3. The van der Waals surface area contributed by atoms with Crippen molar-refractivity contribution in [3.05, 3.63) is 96.1 Å². The van der Waals surface area contributed by atoms with Crippen molar-refractivity contribution in [1.29, 1.82) is 0 Å². The Labute approximate surface area is 176 Å². The summed E-state index contributed by atoms with van der Waals surface area (Å²) in [6.45, 7) is 2.55. The molecule has 0 saturated heterocycles. The van der Waals surface area contributed by atoms with E-state index in [2.05, 4.69) is 5.32 Å². The lowest BCUT2D eigenvalue weighted by molar-refractivity contribution is -0.111. The van der Waals surface area contributed by atoms with Crippen molar-refractivity contribution in [2.45, 2.75) is 6.92 Å².